The van der Waals surface area contributed by atoms with E-state index in [1.54, 1.807) is 18.0 Å². The van der Waals surface area contributed by atoms with Crippen LogP contribution >= 0.6 is 11.3 Å². The van der Waals surface area contributed by atoms with Crippen molar-refractivity contribution in [1.82, 2.24) is 29.7 Å². The van der Waals surface area contributed by atoms with Crippen LogP contribution in [0, 0.1) is 6.92 Å². The number of thiazole rings is 1. The summed E-state index contributed by atoms with van der Waals surface area (Å²) in [6.45, 7) is 5.72. The largest absolute Gasteiger partial charge is 0.394 e. The SMILES string of the molecule is Cc1cc(Nc2cc3nc(-c4cccc(C(=O)N(C)[C@@H](C)CO)c4)sc3cn2)nc(N2C[C@@H]3C[C@H]2CN3C)n1. The third-order valence-corrected chi connectivity index (χ3v) is 8.80. The van der Waals surface area contributed by atoms with Gasteiger partial charge in [-0.1, -0.05) is 12.1 Å². The maximum Gasteiger partial charge on any atom is 0.253 e. The number of benzene rings is 1. The van der Waals surface area contributed by atoms with Crippen molar-refractivity contribution < 1.29 is 9.90 Å². The van der Waals surface area contributed by atoms with Crippen LogP contribution in [0.15, 0.2) is 42.6 Å². The number of hydrogen-bond acceptors (Lipinski definition) is 10. The summed E-state index contributed by atoms with van der Waals surface area (Å²) in [5.41, 5.74) is 3.15. The number of anilines is 3. The molecule has 11 heteroatoms. The molecule has 1 aromatic carbocycles. The maximum atomic E-state index is 12.9. The second kappa shape index (κ2) is 10.1. The van der Waals surface area contributed by atoms with Gasteiger partial charge in [0, 0.05) is 67.4 Å². The van der Waals surface area contributed by atoms with Crippen molar-refractivity contribution >= 4 is 45.0 Å². The van der Waals surface area contributed by atoms with Gasteiger partial charge in [0.25, 0.3) is 5.91 Å². The molecule has 2 aliphatic heterocycles. The number of amides is 1. The van der Waals surface area contributed by atoms with Crippen LogP contribution in [0.1, 0.15) is 29.4 Å². The number of aliphatic hydroxyl groups excluding tert-OH is 1. The summed E-state index contributed by atoms with van der Waals surface area (Å²) in [5, 5.41) is 13.6. The van der Waals surface area contributed by atoms with Crippen molar-refractivity contribution in [2.45, 2.75) is 38.4 Å². The molecule has 4 aromatic rings. The number of fused-ring (bicyclic) bond motifs is 3. The highest BCUT2D eigenvalue weighted by Crippen LogP contribution is 2.34. The van der Waals surface area contributed by atoms with Crippen LogP contribution in [-0.4, -0.2) is 92.7 Å². The highest BCUT2D eigenvalue weighted by molar-refractivity contribution is 7.21. The summed E-state index contributed by atoms with van der Waals surface area (Å²) in [6, 6.07) is 12.1. The third-order valence-electron chi connectivity index (χ3n) is 7.75. The first-order chi connectivity index (χ1) is 18.8. The number of likely N-dealkylation sites (N-methyl/N-ethyl adjacent to an activating group) is 2. The average molecular weight is 545 g/mol. The molecule has 0 saturated carbocycles. The van der Waals surface area contributed by atoms with E-state index in [9.17, 15) is 9.90 Å². The summed E-state index contributed by atoms with van der Waals surface area (Å²) in [5.74, 6) is 2.00. The fourth-order valence-corrected chi connectivity index (χ4v) is 6.24. The first kappa shape index (κ1) is 25.6. The van der Waals surface area contributed by atoms with Gasteiger partial charge in [-0.3, -0.25) is 9.69 Å². The lowest BCUT2D eigenvalue weighted by Crippen LogP contribution is -2.45. The van der Waals surface area contributed by atoms with E-state index in [1.807, 2.05) is 50.4 Å². The van der Waals surface area contributed by atoms with E-state index in [0.29, 0.717) is 29.3 Å². The Morgan fingerprint density at radius 3 is 2.77 bits per heavy atom. The number of hydrogen-bond donors (Lipinski definition) is 2. The smallest absolute Gasteiger partial charge is 0.253 e. The van der Waals surface area contributed by atoms with E-state index < -0.39 is 0 Å². The Morgan fingerprint density at radius 1 is 1.18 bits per heavy atom. The highest BCUT2D eigenvalue weighted by Gasteiger charge is 2.42. The molecule has 2 bridgehead atoms. The predicted molar refractivity (Wildman–Crippen MR) is 154 cm³/mol. The number of carbonyl (C=O) groups excluding carboxylic acids is 1. The van der Waals surface area contributed by atoms with Crippen LogP contribution in [0.4, 0.5) is 17.6 Å². The number of nitrogens with one attached hydrogen (secondary N) is 1. The Bertz CT molecular complexity index is 1540. The van der Waals surface area contributed by atoms with Crippen LogP contribution in [0.25, 0.3) is 20.8 Å². The van der Waals surface area contributed by atoms with Crippen LogP contribution in [0.3, 0.4) is 0 Å². The van der Waals surface area contributed by atoms with Crippen LogP contribution < -0.4 is 10.2 Å². The van der Waals surface area contributed by atoms with Crippen LogP contribution in [0.2, 0.25) is 0 Å². The Kier molecular flexibility index (Phi) is 6.66. The summed E-state index contributed by atoms with van der Waals surface area (Å²) in [4.78, 5) is 38.1. The number of aryl methyl sites for hydroxylation is 1. The van der Waals surface area contributed by atoms with E-state index in [0.717, 1.165) is 51.9 Å². The van der Waals surface area contributed by atoms with Crippen molar-refractivity contribution in [1.29, 1.82) is 0 Å². The molecule has 2 fully saturated rings. The summed E-state index contributed by atoms with van der Waals surface area (Å²) in [6.07, 6.45) is 2.98. The molecule has 3 aromatic heterocycles. The van der Waals surface area contributed by atoms with Crippen molar-refractivity contribution in [2.24, 2.45) is 0 Å². The molecule has 2 aliphatic rings. The molecule has 10 nitrogen and oxygen atoms in total. The molecule has 0 radical (unpaired) electrons. The van der Waals surface area contributed by atoms with E-state index >= 15 is 0 Å². The number of pyridine rings is 1. The van der Waals surface area contributed by atoms with Crippen molar-refractivity contribution in [3.8, 4) is 10.6 Å². The minimum atomic E-state index is -0.262. The van der Waals surface area contributed by atoms with Gasteiger partial charge < -0.3 is 20.2 Å². The van der Waals surface area contributed by atoms with Gasteiger partial charge in [-0.25, -0.2) is 15.0 Å². The van der Waals surface area contributed by atoms with E-state index in [-0.39, 0.29) is 18.6 Å². The normalized spacial score (nSPS) is 19.6. The zero-order valence-electron chi connectivity index (χ0n) is 22.5. The van der Waals surface area contributed by atoms with Gasteiger partial charge in [-0.15, -0.1) is 11.3 Å². The number of aromatic nitrogens is 4. The van der Waals surface area contributed by atoms with Crippen LogP contribution in [-0.2, 0) is 0 Å². The number of nitrogens with zero attached hydrogens (tertiary/aromatic N) is 7. The van der Waals surface area contributed by atoms with E-state index in [4.69, 9.17) is 15.0 Å². The highest BCUT2D eigenvalue weighted by atomic mass is 32.1. The zero-order chi connectivity index (χ0) is 27.3. The number of likely N-dealkylation sites (tertiary alicyclic amines) is 1. The number of carbonyl (C=O) groups is 1. The lowest BCUT2D eigenvalue weighted by atomic mass is 10.1. The minimum absolute atomic E-state index is 0.0874. The van der Waals surface area contributed by atoms with Gasteiger partial charge in [0.2, 0.25) is 5.95 Å². The zero-order valence-corrected chi connectivity index (χ0v) is 23.3. The Labute approximate surface area is 231 Å². The quantitative estimate of drug-likeness (QED) is 0.361. The van der Waals surface area contributed by atoms with Crippen molar-refractivity contribution in [3.63, 3.8) is 0 Å². The van der Waals surface area contributed by atoms with E-state index in [1.165, 1.54) is 11.3 Å². The van der Waals surface area contributed by atoms with Gasteiger partial charge in [-0.05, 0) is 39.4 Å². The second-order valence-corrected chi connectivity index (χ2v) is 11.6. The molecule has 2 N–H and O–H groups in total. The molecule has 5 heterocycles. The molecule has 0 unspecified atom stereocenters. The number of piperazine rings is 1. The first-order valence-corrected chi connectivity index (χ1v) is 14.0. The molecule has 39 heavy (non-hydrogen) atoms. The minimum Gasteiger partial charge on any atom is -0.394 e. The lowest BCUT2D eigenvalue weighted by Gasteiger charge is -2.32. The molecule has 0 aliphatic carbocycles. The third kappa shape index (κ3) is 4.93. The molecule has 1 amide bonds. The Hall–Kier alpha value is -3.67. The van der Waals surface area contributed by atoms with Gasteiger partial charge in [0.1, 0.15) is 16.6 Å². The van der Waals surface area contributed by atoms with Gasteiger partial charge in [0.05, 0.1) is 22.9 Å². The molecule has 2 saturated heterocycles. The molecule has 202 valence electrons. The fourth-order valence-electron chi connectivity index (χ4n) is 5.33. The average Bonchev–Trinajstić information content (AvgIpc) is 3.65. The molecule has 3 atom stereocenters. The van der Waals surface area contributed by atoms with Crippen molar-refractivity contribution in [3.05, 3.63) is 53.9 Å². The Morgan fingerprint density at radius 2 is 2.03 bits per heavy atom. The molecular formula is C28H32N8O2S. The van der Waals surface area contributed by atoms with Crippen LogP contribution in [0.5, 0.6) is 0 Å². The Balaban J connectivity index is 1.23. The number of rotatable bonds is 7. The van der Waals surface area contributed by atoms with E-state index in [2.05, 4.69) is 27.1 Å². The van der Waals surface area contributed by atoms with Gasteiger partial charge >= 0.3 is 0 Å². The first-order valence-electron chi connectivity index (χ1n) is 13.1. The molecule has 0 spiro atoms. The lowest BCUT2D eigenvalue weighted by molar-refractivity contribution is 0.0682. The summed E-state index contributed by atoms with van der Waals surface area (Å²) < 4.78 is 0.954. The maximum absolute atomic E-state index is 12.9. The molecule has 6 rings (SSSR count). The fraction of sp³-hybridized carbons (Fsp3) is 0.393. The summed E-state index contributed by atoms with van der Waals surface area (Å²) in [7, 11) is 3.88. The molecular weight excluding hydrogens is 512 g/mol. The standard InChI is InChI=1S/C28H32N8O2S/c1-16-8-25(33-28(30-16)36-14-20-10-21(36)13-34(20)3)32-24-11-22-23(12-29-24)39-26(31-22)18-6-5-7-19(9-18)27(38)35(4)17(2)15-37/h5-9,11-12,17,20-21,37H,10,13-15H2,1-4H3,(H,29,30,32,33)/t17-,20-,21-/m0/s1. The summed E-state index contributed by atoms with van der Waals surface area (Å²) >= 11 is 1.53. The number of aliphatic hydroxyl groups is 1. The van der Waals surface area contributed by atoms with Gasteiger partial charge in [0.15, 0.2) is 0 Å². The second-order valence-electron chi connectivity index (χ2n) is 10.5. The monoisotopic (exact) mass is 544 g/mol. The van der Waals surface area contributed by atoms with Crippen molar-refractivity contribution in [2.75, 3.05) is 44.0 Å². The predicted octanol–water partition coefficient (Wildman–Crippen LogP) is 3.55. The van der Waals surface area contributed by atoms with Gasteiger partial charge in [-0.2, -0.15) is 4.98 Å². The topological polar surface area (TPSA) is 111 Å².